The quantitative estimate of drug-likeness (QED) is 0.855. The Morgan fingerprint density at radius 2 is 1.85 bits per heavy atom. The van der Waals surface area contributed by atoms with Crippen LogP contribution in [0.3, 0.4) is 0 Å². The molecule has 144 valence electrons. The Kier molecular flexibility index (Phi) is 5.42. The normalized spacial score (nSPS) is 24.0. The maximum absolute atomic E-state index is 11.7. The zero-order valence-electron chi connectivity index (χ0n) is 15.5. The van der Waals surface area contributed by atoms with Crippen LogP contribution in [-0.4, -0.2) is 67.8 Å². The largest absolute Gasteiger partial charge is 0.391 e. The number of aliphatic hydroxyl groups is 1. The van der Waals surface area contributed by atoms with Crippen molar-refractivity contribution in [3.63, 3.8) is 0 Å². The van der Waals surface area contributed by atoms with Gasteiger partial charge in [-0.25, -0.2) is 8.42 Å². The summed E-state index contributed by atoms with van der Waals surface area (Å²) in [5.41, 5.74) is 1.13. The first kappa shape index (κ1) is 19.3. The third-order valence-corrected chi connectivity index (χ3v) is 6.87. The molecule has 1 aromatic carbocycles. The van der Waals surface area contributed by atoms with Crippen LogP contribution in [0, 0.1) is 5.41 Å². The molecular formula is C19H28N2O4S. The summed E-state index contributed by atoms with van der Waals surface area (Å²) in [4.78, 5) is 16.2. The van der Waals surface area contributed by atoms with Crippen molar-refractivity contribution >= 4 is 15.7 Å². The highest BCUT2D eigenvalue weighted by Crippen LogP contribution is 2.40. The topological polar surface area (TPSA) is 77.9 Å². The van der Waals surface area contributed by atoms with Crippen LogP contribution in [0.1, 0.15) is 31.7 Å². The van der Waals surface area contributed by atoms with Gasteiger partial charge in [0.15, 0.2) is 9.84 Å². The second-order valence-electron chi connectivity index (χ2n) is 7.95. The highest BCUT2D eigenvalue weighted by atomic mass is 32.2. The minimum Gasteiger partial charge on any atom is -0.391 e. The summed E-state index contributed by atoms with van der Waals surface area (Å²) in [7, 11) is -3.16. The van der Waals surface area contributed by atoms with E-state index in [1.54, 1.807) is 24.0 Å². The van der Waals surface area contributed by atoms with Crippen LogP contribution in [0.5, 0.6) is 0 Å². The van der Waals surface area contributed by atoms with Gasteiger partial charge in [0.25, 0.3) is 0 Å². The van der Waals surface area contributed by atoms with Gasteiger partial charge in [0, 0.05) is 32.8 Å². The molecule has 1 spiro atoms. The molecule has 2 aliphatic heterocycles. The first-order chi connectivity index (χ1) is 12.2. The molecule has 6 nitrogen and oxygen atoms in total. The Bertz CT molecular complexity index is 752. The maximum atomic E-state index is 11.7. The summed E-state index contributed by atoms with van der Waals surface area (Å²) in [5, 5.41) is 10.2. The third kappa shape index (κ3) is 4.45. The predicted octanol–water partition coefficient (Wildman–Crippen LogP) is 1.29. The number of carbonyl (C=O) groups is 1. The molecule has 1 atom stereocenters. The number of β-amino-alcohol motifs (C(OH)–C–C–N with tert-alkyl or cyclic N) is 1. The van der Waals surface area contributed by atoms with Crippen LogP contribution in [0.25, 0.3) is 0 Å². The second kappa shape index (κ2) is 7.29. The number of piperidine rings is 2. The minimum atomic E-state index is -3.16. The monoisotopic (exact) mass is 380 g/mol. The lowest BCUT2D eigenvalue weighted by atomic mass is 9.71. The van der Waals surface area contributed by atoms with Crippen molar-refractivity contribution in [2.24, 2.45) is 5.41 Å². The molecule has 7 heteroatoms. The number of rotatable bonds is 3. The van der Waals surface area contributed by atoms with E-state index < -0.39 is 15.9 Å². The van der Waals surface area contributed by atoms with Gasteiger partial charge in [-0.15, -0.1) is 0 Å². The fourth-order valence-corrected chi connectivity index (χ4v) is 4.87. The van der Waals surface area contributed by atoms with Gasteiger partial charge in [-0.05, 0) is 55.5 Å². The minimum absolute atomic E-state index is 0.0278. The molecular weight excluding hydrogens is 352 g/mol. The number of carbonyl (C=O) groups excluding carboxylic acids is 1. The molecule has 0 aliphatic carbocycles. The van der Waals surface area contributed by atoms with E-state index in [2.05, 4.69) is 4.90 Å². The third-order valence-electron chi connectivity index (χ3n) is 5.75. The molecule has 0 radical (unpaired) electrons. The molecule has 0 aromatic heterocycles. The summed E-state index contributed by atoms with van der Waals surface area (Å²) in [5.74, 6) is 0.0384. The molecule has 2 aliphatic rings. The fourth-order valence-electron chi connectivity index (χ4n) is 4.24. The highest BCUT2D eigenvalue weighted by Gasteiger charge is 2.42. The second-order valence-corrected chi connectivity index (χ2v) is 9.97. The lowest BCUT2D eigenvalue weighted by Crippen LogP contribution is -2.54. The lowest BCUT2D eigenvalue weighted by Gasteiger charge is -2.49. The van der Waals surface area contributed by atoms with Crippen LogP contribution in [0.15, 0.2) is 29.2 Å². The van der Waals surface area contributed by atoms with Gasteiger partial charge in [0.2, 0.25) is 5.91 Å². The van der Waals surface area contributed by atoms with Crippen LogP contribution >= 0.6 is 0 Å². The average Bonchev–Trinajstić information content (AvgIpc) is 2.56. The van der Waals surface area contributed by atoms with Crippen molar-refractivity contribution < 1.29 is 18.3 Å². The summed E-state index contributed by atoms with van der Waals surface area (Å²) in [6.07, 6.45) is 3.50. The molecule has 1 unspecified atom stereocenters. The van der Waals surface area contributed by atoms with Gasteiger partial charge in [0.1, 0.15) is 0 Å². The van der Waals surface area contributed by atoms with E-state index >= 15 is 0 Å². The van der Waals surface area contributed by atoms with E-state index in [1.165, 1.54) is 6.26 Å². The fraction of sp³-hybridized carbons (Fsp3) is 0.632. The molecule has 3 rings (SSSR count). The molecule has 0 bridgehead atoms. The highest BCUT2D eigenvalue weighted by molar-refractivity contribution is 7.90. The maximum Gasteiger partial charge on any atom is 0.219 e. The van der Waals surface area contributed by atoms with Crippen molar-refractivity contribution in [2.75, 3.05) is 32.4 Å². The number of hydrogen-bond donors (Lipinski definition) is 1. The number of likely N-dealkylation sites (tertiary alicyclic amines) is 2. The Hall–Kier alpha value is -1.44. The first-order valence-corrected chi connectivity index (χ1v) is 11.0. The number of benzene rings is 1. The van der Waals surface area contributed by atoms with Gasteiger partial charge in [-0.2, -0.15) is 0 Å². The van der Waals surface area contributed by atoms with Gasteiger partial charge >= 0.3 is 0 Å². The Morgan fingerprint density at radius 1 is 1.23 bits per heavy atom. The molecule has 2 heterocycles. The van der Waals surface area contributed by atoms with E-state index in [9.17, 15) is 18.3 Å². The number of aliphatic hydroxyl groups excluding tert-OH is 1. The lowest BCUT2D eigenvalue weighted by molar-refractivity contribution is -0.138. The molecule has 0 saturated carbocycles. The summed E-state index contributed by atoms with van der Waals surface area (Å²) in [6.45, 7) is 5.41. The van der Waals surface area contributed by atoms with E-state index in [-0.39, 0.29) is 11.3 Å². The van der Waals surface area contributed by atoms with Crippen molar-refractivity contribution in [1.29, 1.82) is 0 Å². The predicted molar refractivity (Wildman–Crippen MR) is 99.4 cm³/mol. The van der Waals surface area contributed by atoms with Crippen LogP contribution in [0.2, 0.25) is 0 Å². The summed E-state index contributed by atoms with van der Waals surface area (Å²) < 4.78 is 23.1. The van der Waals surface area contributed by atoms with Crippen molar-refractivity contribution in [2.45, 2.75) is 43.7 Å². The number of sulfone groups is 1. The smallest absolute Gasteiger partial charge is 0.219 e. The van der Waals surface area contributed by atoms with Gasteiger partial charge in [-0.1, -0.05) is 12.1 Å². The molecule has 26 heavy (non-hydrogen) atoms. The Balaban J connectivity index is 1.59. The van der Waals surface area contributed by atoms with Gasteiger partial charge in [-0.3, -0.25) is 9.69 Å². The van der Waals surface area contributed by atoms with Gasteiger partial charge < -0.3 is 10.0 Å². The van der Waals surface area contributed by atoms with Crippen LogP contribution in [-0.2, 0) is 21.2 Å². The summed E-state index contributed by atoms with van der Waals surface area (Å²) >= 11 is 0. The zero-order chi connectivity index (χ0) is 18.9. The Morgan fingerprint density at radius 3 is 2.38 bits per heavy atom. The molecule has 1 amide bonds. The summed E-state index contributed by atoms with van der Waals surface area (Å²) in [6, 6.07) is 7.09. The molecule has 2 fully saturated rings. The molecule has 2 saturated heterocycles. The van der Waals surface area contributed by atoms with Crippen LogP contribution < -0.4 is 0 Å². The van der Waals surface area contributed by atoms with E-state index in [0.29, 0.717) is 11.4 Å². The Labute approximate surface area is 155 Å². The van der Waals surface area contributed by atoms with Crippen molar-refractivity contribution in [3.8, 4) is 0 Å². The number of nitrogens with zero attached hydrogens (tertiary/aromatic N) is 2. The SMILES string of the molecule is CC(=O)N1CC(O)CC2(CCN(Cc3ccc(S(C)(=O)=O)cc3)CC2)C1. The molecule has 1 N–H and O–H groups in total. The van der Waals surface area contributed by atoms with Gasteiger partial charge in [0.05, 0.1) is 11.0 Å². The van der Waals surface area contributed by atoms with Crippen molar-refractivity contribution in [3.05, 3.63) is 29.8 Å². The van der Waals surface area contributed by atoms with E-state index in [4.69, 9.17) is 0 Å². The zero-order valence-corrected chi connectivity index (χ0v) is 16.3. The van der Waals surface area contributed by atoms with Crippen LogP contribution in [0.4, 0.5) is 0 Å². The average molecular weight is 381 g/mol. The standard InChI is InChI=1S/C19H28N2O4S/c1-15(22)21-13-17(23)11-19(14-21)7-9-20(10-8-19)12-16-3-5-18(6-4-16)26(2,24)25/h3-6,17,23H,7-14H2,1-2H3. The molecule has 1 aromatic rings. The van der Waals surface area contributed by atoms with E-state index in [0.717, 1.165) is 51.0 Å². The number of amides is 1. The van der Waals surface area contributed by atoms with E-state index in [1.807, 2.05) is 12.1 Å². The first-order valence-electron chi connectivity index (χ1n) is 9.12. The number of hydrogen-bond acceptors (Lipinski definition) is 5. The van der Waals surface area contributed by atoms with Crippen molar-refractivity contribution in [1.82, 2.24) is 9.80 Å².